The van der Waals surface area contributed by atoms with E-state index in [1.54, 1.807) is 11.8 Å². The zero-order chi connectivity index (χ0) is 11.0. The largest absolute Gasteiger partial charge is 0.248 e. The van der Waals surface area contributed by atoms with Crippen molar-refractivity contribution >= 4 is 33.6 Å². The van der Waals surface area contributed by atoms with Crippen LogP contribution in [-0.4, -0.2) is 11.2 Å². The first-order valence-electron chi connectivity index (χ1n) is 5.21. The van der Waals surface area contributed by atoms with Gasteiger partial charge in [-0.1, -0.05) is 24.3 Å². The minimum Gasteiger partial charge on any atom is -0.248 e. The zero-order valence-electron chi connectivity index (χ0n) is 8.97. The van der Waals surface area contributed by atoms with Gasteiger partial charge in [0.2, 0.25) is 0 Å². The summed E-state index contributed by atoms with van der Waals surface area (Å²) in [5, 5.41) is 2.45. The highest BCUT2D eigenvalue weighted by molar-refractivity contribution is 7.98. The second-order valence-electron chi connectivity index (χ2n) is 3.71. The van der Waals surface area contributed by atoms with Crippen molar-refractivity contribution in [1.82, 2.24) is 4.98 Å². The molecule has 0 amide bonds. The van der Waals surface area contributed by atoms with E-state index in [-0.39, 0.29) is 0 Å². The number of thioether (sulfide) groups is 1. The summed E-state index contributed by atoms with van der Waals surface area (Å²) >= 11 is 1.77. The predicted molar refractivity (Wildman–Crippen MR) is 71.0 cm³/mol. The molecule has 0 unspecified atom stereocenters. The molecule has 0 atom stereocenters. The van der Waals surface area contributed by atoms with Crippen LogP contribution < -0.4 is 0 Å². The van der Waals surface area contributed by atoms with E-state index >= 15 is 0 Å². The molecule has 0 radical (unpaired) electrons. The summed E-state index contributed by atoms with van der Waals surface area (Å²) in [5.41, 5.74) is 2.14. The lowest BCUT2D eigenvalue weighted by Gasteiger charge is -2.05. The lowest BCUT2D eigenvalue weighted by molar-refractivity contribution is 1.45. The van der Waals surface area contributed by atoms with Gasteiger partial charge >= 0.3 is 0 Å². The number of rotatable bonds is 1. The van der Waals surface area contributed by atoms with Crippen LogP contribution in [0.25, 0.3) is 21.8 Å². The first kappa shape index (κ1) is 9.67. The van der Waals surface area contributed by atoms with Gasteiger partial charge in [0.1, 0.15) is 0 Å². The molecule has 0 bridgehead atoms. The number of fused-ring (bicyclic) bond motifs is 2. The van der Waals surface area contributed by atoms with Gasteiger partial charge < -0.3 is 0 Å². The third kappa shape index (κ3) is 1.46. The molecule has 0 aliphatic rings. The Morgan fingerprint density at radius 3 is 2.62 bits per heavy atom. The zero-order valence-corrected chi connectivity index (χ0v) is 9.79. The Bertz CT molecular complexity index is 661. The molecule has 0 saturated carbocycles. The second-order valence-corrected chi connectivity index (χ2v) is 4.56. The van der Waals surface area contributed by atoms with Crippen LogP contribution >= 0.6 is 11.8 Å². The minimum absolute atomic E-state index is 1.06. The van der Waals surface area contributed by atoms with Crippen LogP contribution in [0, 0.1) is 0 Å². The maximum atomic E-state index is 4.67. The van der Waals surface area contributed by atoms with Gasteiger partial charge in [-0.05, 0) is 30.5 Å². The van der Waals surface area contributed by atoms with Crippen molar-refractivity contribution in [2.75, 3.05) is 6.26 Å². The molecular formula is C14H11NS. The summed E-state index contributed by atoms with van der Waals surface area (Å²) in [7, 11) is 0. The SMILES string of the molecule is CSc1cccc2nc3ccccc3cc12. The third-order valence-corrected chi connectivity index (χ3v) is 3.54. The molecule has 1 aromatic heterocycles. The van der Waals surface area contributed by atoms with Gasteiger partial charge in [0, 0.05) is 15.7 Å². The van der Waals surface area contributed by atoms with Gasteiger partial charge in [-0.15, -0.1) is 11.8 Å². The van der Waals surface area contributed by atoms with Gasteiger partial charge in [0.25, 0.3) is 0 Å². The Balaban J connectivity index is 2.46. The average Bonchev–Trinajstić information content (AvgIpc) is 2.35. The first-order chi connectivity index (χ1) is 7.88. The standard InChI is InChI=1S/C14H11NS/c1-16-14-8-4-7-13-11(14)9-10-5-2-3-6-12(10)15-13/h2-9H,1H3. The smallest absolute Gasteiger partial charge is 0.0721 e. The van der Waals surface area contributed by atoms with Crippen molar-refractivity contribution in [2.45, 2.75) is 4.90 Å². The molecule has 1 heterocycles. The van der Waals surface area contributed by atoms with E-state index in [9.17, 15) is 0 Å². The molecule has 3 rings (SSSR count). The van der Waals surface area contributed by atoms with E-state index in [4.69, 9.17) is 0 Å². The Morgan fingerprint density at radius 2 is 1.75 bits per heavy atom. The fraction of sp³-hybridized carbons (Fsp3) is 0.0714. The summed E-state index contributed by atoms with van der Waals surface area (Å²) in [6, 6.07) is 16.8. The maximum Gasteiger partial charge on any atom is 0.0721 e. The number of pyridine rings is 1. The fourth-order valence-corrected chi connectivity index (χ4v) is 2.55. The molecule has 0 aliphatic heterocycles. The molecular weight excluding hydrogens is 214 g/mol. The molecule has 1 nitrogen and oxygen atoms in total. The summed E-state index contributed by atoms with van der Waals surface area (Å²) in [4.78, 5) is 5.96. The molecule has 0 aliphatic carbocycles. The third-order valence-electron chi connectivity index (χ3n) is 2.74. The number of para-hydroxylation sites is 1. The summed E-state index contributed by atoms with van der Waals surface area (Å²) in [6.45, 7) is 0. The highest BCUT2D eigenvalue weighted by Gasteiger charge is 2.02. The normalized spacial score (nSPS) is 11.1. The Labute approximate surface area is 98.5 Å². The second kappa shape index (κ2) is 3.80. The fourth-order valence-electron chi connectivity index (χ4n) is 1.95. The lowest BCUT2D eigenvalue weighted by Crippen LogP contribution is -1.83. The van der Waals surface area contributed by atoms with Gasteiger partial charge in [-0.25, -0.2) is 4.98 Å². The van der Waals surface area contributed by atoms with E-state index in [0.717, 1.165) is 11.0 Å². The monoisotopic (exact) mass is 225 g/mol. The van der Waals surface area contributed by atoms with Crippen LogP contribution in [0.5, 0.6) is 0 Å². The summed E-state index contributed by atoms with van der Waals surface area (Å²) < 4.78 is 0. The Hall–Kier alpha value is -1.54. The number of hydrogen-bond donors (Lipinski definition) is 0. The van der Waals surface area contributed by atoms with Gasteiger partial charge in [0.15, 0.2) is 0 Å². The van der Waals surface area contributed by atoms with E-state index < -0.39 is 0 Å². The summed E-state index contributed by atoms with van der Waals surface area (Å²) in [6.07, 6.45) is 2.10. The molecule has 2 aromatic carbocycles. The van der Waals surface area contributed by atoms with Crippen molar-refractivity contribution in [1.29, 1.82) is 0 Å². The van der Waals surface area contributed by atoms with E-state index in [0.29, 0.717) is 0 Å². The van der Waals surface area contributed by atoms with Gasteiger partial charge in [0.05, 0.1) is 11.0 Å². The average molecular weight is 225 g/mol. The highest BCUT2D eigenvalue weighted by atomic mass is 32.2. The molecule has 16 heavy (non-hydrogen) atoms. The number of nitrogens with zero attached hydrogens (tertiary/aromatic N) is 1. The van der Waals surface area contributed by atoms with Crippen molar-refractivity contribution < 1.29 is 0 Å². The van der Waals surface area contributed by atoms with Gasteiger partial charge in [-0.2, -0.15) is 0 Å². The van der Waals surface area contributed by atoms with E-state index in [1.165, 1.54) is 15.7 Å². The van der Waals surface area contributed by atoms with Crippen LogP contribution in [-0.2, 0) is 0 Å². The van der Waals surface area contributed by atoms with E-state index in [2.05, 4.69) is 53.7 Å². The number of benzene rings is 2. The summed E-state index contributed by atoms with van der Waals surface area (Å²) in [5.74, 6) is 0. The van der Waals surface area contributed by atoms with Crippen LogP contribution in [0.1, 0.15) is 0 Å². The van der Waals surface area contributed by atoms with Crippen LogP contribution in [0.4, 0.5) is 0 Å². The van der Waals surface area contributed by atoms with Crippen LogP contribution in [0.3, 0.4) is 0 Å². The lowest BCUT2D eigenvalue weighted by atomic mass is 10.1. The molecule has 0 N–H and O–H groups in total. The first-order valence-corrected chi connectivity index (χ1v) is 6.43. The topological polar surface area (TPSA) is 12.9 Å². The number of aromatic nitrogens is 1. The van der Waals surface area contributed by atoms with E-state index in [1.807, 2.05) is 6.07 Å². The Kier molecular flexibility index (Phi) is 2.29. The highest BCUT2D eigenvalue weighted by Crippen LogP contribution is 2.27. The molecule has 2 heteroatoms. The quantitative estimate of drug-likeness (QED) is 0.456. The van der Waals surface area contributed by atoms with Crippen molar-refractivity contribution in [2.24, 2.45) is 0 Å². The maximum absolute atomic E-state index is 4.67. The molecule has 0 fully saturated rings. The van der Waals surface area contributed by atoms with Crippen molar-refractivity contribution in [3.63, 3.8) is 0 Å². The van der Waals surface area contributed by atoms with Crippen LogP contribution in [0.15, 0.2) is 53.4 Å². The predicted octanol–water partition coefficient (Wildman–Crippen LogP) is 4.11. The molecule has 78 valence electrons. The molecule has 0 saturated heterocycles. The van der Waals surface area contributed by atoms with Crippen LogP contribution in [0.2, 0.25) is 0 Å². The molecule has 3 aromatic rings. The van der Waals surface area contributed by atoms with Crippen molar-refractivity contribution in [3.8, 4) is 0 Å². The Morgan fingerprint density at radius 1 is 0.938 bits per heavy atom. The van der Waals surface area contributed by atoms with Crippen molar-refractivity contribution in [3.05, 3.63) is 48.5 Å². The van der Waals surface area contributed by atoms with Gasteiger partial charge in [-0.3, -0.25) is 0 Å². The minimum atomic E-state index is 1.06. The number of hydrogen-bond acceptors (Lipinski definition) is 2. The molecule has 0 spiro atoms.